The Hall–Kier alpha value is -1.38. The van der Waals surface area contributed by atoms with Crippen LogP contribution in [0.4, 0.5) is 0 Å². The summed E-state index contributed by atoms with van der Waals surface area (Å²) in [6.07, 6.45) is 2.03. The monoisotopic (exact) mass is 518 g/mol. The molecule has 7 nitrogen and oxygen atoms in total. The molecule has 0 aliphatic heterocycles. The number of aliphatic hydroxyl groups is 5. The molecule has 0 aromatic rings. The van der Waals surface area contributed by atoms with E-state index in [-0.39, 0.29) is 49.3 Å². The number of carbonyl (C=O) groups is 2. The molecule has 0 bridgehead atoms. The van der Waals surface area contributed by atoms with Crippen molar-refractivity contribution in [3.8, 4) is 0 Å². The molecule has 0 amide bonds. The van der Waals surface area contributed by atoms with Crippen LogP contribution in [-0.2, 0) is 9.59 Å². The van der Waals surface area contributed by atoms with E-state index in [1.54, 1.807) is 13.8 Å². The van der Waals surface area contributed by atoms with E-state index >= 15 is 0 Å². The average Bonchev–Trinajstić information content (AvgIpc) is 2.97. The molecule has 0 saturated heterocycles. The molecular formula is C30H46O7. The Bertz CT molecular complexity index is 1040. The van der Waals surface area contributed by atoms with E-state index in [1.807, 2.05) is 27.7 Å². The third kappa shape index (κ3) is 3.87. The van der Waals surface area contributed by atoms with Crippen molar-refractivity contribution >= 4 is 11.6 Å². The molecule has 4 aliphatic carbocycles. The number of carbonyl (C=O) groups excluding carboxylic acids is 2. The van der Waals surface area contributed by atoms with Crippen molar-refractivity contribution in [3.63, 3.8) is 0 Å². The van der Waals surface area contributed by atoms with E-state index in [1.165, 1.54) is 6.08 Å². The molecule has 0 unspecified atom stereocenters. The highest BCUT2D eigenvalue weighted by Gasteiger charge is 2.74. The standard InChI is InChI=1S/C30H46O7/c1-16(15-31)10-17(32)12-29(6,37)24-21(34)13-27(4)22-9-8-18-19(11-20(33)25(36)26(18,2)3)30(22,7)23(35)14-28(24,27)5/h8,10,17,19-22,24,31-34,37H,9,11-15H2,1-7H3/b16-10+/t17-,19-,20+,21-,22+,24+,27+,28-,29+,30+/m1/s1. The van der Waals surface area contributed by atoms with E-state index in [0.717, 1.165) is 5.57 Å². The zero-order valence-electron chi connectivity index (χ0n) is 23.4. The number of allylic oxidation sites excluding steroid dienone is 2. The highest BCUT2D eigenvalue weighted by Crippen LogP contribution is 2.74. The zero-order chi connectivity index (χ0) is 27.9. The molecular weight excluding hydrogens is 472 g/mol. The molecule has 0 aromatic heterocycles. The number of rotatable bonds is 5. The number of ketones is 2. The molecule has 7 heteroatoms. The van der Waals surface area contributed by atoms with E-state index in [4.69, 9.17) is 0 Å². The van der Waals surface area contributed by atoms with Crippen molar-refractivity contribution in [2.75, 3.05) is 6.61 Å². The maximum absolute atomic E-state index is 14.2. The van der Waals surface area contributed by atoms with Crippen molar-refractivity contribution in [3.05, 3.63) is 23.3 Å². The maximum Gasteiger partial charge on any atom is 0.170 e. The second kappa shape index (κ2) is 8.82. The largest absolute Gasteiger partial charge is 0.393 e. The average molecular weight is 519 g/mol. The Morgan fingerprint density at radius 2 is 1.78 bits per heavy atom. The fraction of sp³-hybridized carbons (Fsp3) is 0.800. The van der Waals surface area contributed by atoms with Gasteiger partial charge in [-0.1, -0.05) is 38.5 Å². The van der Waals surface area contributed by atoms with E-state index in [9.17, 15) is 35.1 Å². The topological polar surface area (TPSA) is 135 Å². The zero-order valence-corrected chi connectivity index (χ0v) is 23.4. The number of hydrogen-bond acceptors (Lipinski definition) is 7. The first-order valence-corrected chi connectivity index (χ1v) is 13.7. The van der Waals surface area contributed by atoms with Gasteiger partial charge in [0.2, 0.25) is 0 Å². The molecule has 3 fully saturated rings. The highest BCUT2D eigenvalue weighted by molar-refractivity contribution is 5.94. The van der Waals surface area contributed by atoms with E-state index in [0.29, 0.717) is 18.4 Å². The van der Waals surface area contributed by atoms with Crippen LogP contribution in [0.25, 0.3) is 0 Å². The van der Waals surface area contributed by atoms with Crippen molar-refractivity contribution in [1.82, 2.24) is 0 Å². The minimum absolute atomic E-state index is 0.0248. The summed E-state index contributed by atoms with van der Waals surface area (Å²) in [6.45, 7) is 12.9. The summed E-state index contributed by atoms with van der Waals surface area (Å²) in [5.74, 6) is -1.18. The van der Waals surface area contributed by atoms with Crippen LogP contribution >= 0.6 is 0 Å². The van der Waals surface area contributed by atoms with Gasteiger partial charge in [0.15, 0.2) is 5.78 Å². The summed E-state index contributed by atoms with van der Waals surface area (Å²) < 4.78 is 0. The third-order valence-corrected chi connectivity index (χ3v) is 11.4. The van der Waals surface area contributed by atoms with Crippen molar-refractivity contribution in [1.29, 1.82) is 0 Å². The van der Waals surface area contributed by atoms with Gasteiger partial charge in [0, 0.05) is 29.6 Å². The first-order chi connectivity index (χ1) is 16.9. The molecule has 0 heterocycles. The summed E-state index contributed by atoms with van der Waals surface area (Å²) in [5, 5.41) is 53.8. The highest BCUT2D eigenvalue weighted by atomic mass is 16.3. The van der Waals surface area contributed by atoms with Crippen LogP contribution in [0.15, 0.2) is 23.3 Å². The smallest absolute Gasteiger partial charge is 0.170 e. The number of Topliss-reactive ketones (excluding diaryl/α,β-unsaturated/α-hetero) is 2. The van der Waals surface area contributed by atoms with Gasteiger partial charge in [-0.15, -0.1) is 0 Å². The molecule has 208 valence electrons. The van der Waals surface area contributed by atoms with Gasteiger partial charge < -0.3 is 25.5 Å². The lowest BCUT2D eigenvalue weighted by Gasteiger charge is -2.64. The Morgan fingerprint density at radius 3 is 2.38 bits per heavy atom. The Balaban J connectivity index is 1.76. The SMILES string of the molecule is C/C(=C\[C@@H](O)C[C@](C)(O)[C@H]1[C@H](O)C[C@@]2(C)[C@@H]3CC=C4[C@@H](C[C@H](O)C(=O)C4(C)C)[C@]3(C)C(=O)C[C@]12C)CO. The third-order valence-electron chi connectivity index (χ3n) is 11.4. The van der Waals surface area contributed by atoms with Crippen LogP contribution in [0, 0.1) is 39.4 Å². The van der Waals surface area contributed by atoms with Crippen LogP contribution in [0.5, 0.6) is 0 Å². The van der Waals surface area contributed by atoms with Gasteiger partial charge in [0.1, 0.15) is 11.9 Å². The summed E-state index contributed by atoms with van der Waals surface area (Å²) >= 11 is 0. The molecule has 5 N–H and O–H groups in total. The lowest BCUT2D eigenvalue weighted by molar-refractivity contribution is -0.184. The summed E-state index contributed by atoms with van der Waals surface area (Å²) in [7, 11) is 0. The minimum atomic E-state index is -1.46. The number of fused-ring (bicyclic) bond motifs is 5. The van der Waals surface area contributed by atoms with Gasteiger partial charge >= 0.3 is 0 Å². The van der Waals surface area contributed by atoms with Crippen LogP contribution in [-0.4, -0.2) is 67.6 Å². The molecule has 0 radical (unpaired) electrons. The molecule has 3 saturated carbocycles. The lowest BCUT2D eigenvalue weighted by atomic mass is 9.38. The summed E-state index contributed by atoms with van der Waals surface area (Å²) in [4.78, 5) is 27.1. The normalized spacial score (nSPS) is 45.9. The molecule has 10 atom stereocenters. The molecule has 37 heavy (non-hydrogen) atoms. The Morgan fingerprint density at radius 1 is 1.16 bits per heavy atom. The maximum atomic E-state index is 14.2. The minimum Gasteiger partial charge on any atom is -0.393 e. The second-order valence-electron chi connectivity index (χ2n) is 14.0. The summed E-state index contributed by atoms with van der Waals surface area (Å²) in [5.41, 5.74) is -2.78. The van der Waals surface area contributed by atoms with E-state index < -0.39 is 51.5 Å². The van der Waals surface area contributed by atoms with Gasteiger partial charge in [-0.05, 0) is 75.2 Å². The molecule has 4 rings (SSSR count). The van der Waals surface area contributed by atoms with Gasteiger partial charge in [0.05, 0.1) is 24.4 Å². The van der Waals surface area contributed by atoms with Crippen molar-refractivity contribution in [2.24, 2.45) is 39.4 Å². The quantitative estimate of drug-likeness (QED) is 0.353. The molecule has 4 aliphatic rings. The number of aliphatic hydroxyl groups excluding tert-OH is 4. The van der Waals surface area contributed by atoms with Crippen LogP contribution < -0.4 is 0 Å². The predicted molar refractivity (Wildman–Crippen MR) is 139 cm³/mol. The van der Waals surface area contributed by atoms with Crippen LogP contribution in [0.2, 0.25) is 0 Å². The molecule has 0 aromatic carbocycles. The van der Waals surface area contributed by atoms with Crippen LogP contribution in [0.1, 0.15) is 80.6 Å². The lowest BCUT2D eigenvalue weighted by Crippen LogP contribution is -2.65. The van der Waals surface area contributed by atoms with E-state index in [2.05, 4.69) is 13.0 Å². The number of hydrogen-bond donors (Lipinski definition) is 5. The Kier molecular flexibility index (Phi) is 6.82. The predicted octanol–water partition coefficient (Wildman–Crippen LogP) is 2.72. The summed E-state index contributed by atoms with van der Waals surface area (Å²) in [6, 6.07) is 0. The Labute approximate surface area is 220 Å². The van der Waals surface area contributed by atoms with Crippen molar-refractivity contribution in [2.45, 2.75) is 104 Å². The first-order valence-electron chi connectivity index (χ1n) is 13.7. The van der Waals surface area contributed by atoms with Gasteiger partial charge in [0.25, 0.3) is 0 Å². The second-order valence-corrected chi connectivity index (χ2v) is 14.0. The van der Waals surface area contributed by atoms with Gasteiger partial charge in [-0.2, -0.15) is 0 Å². The fourth-order valence-electron chi connectivity index (χ4n) is 9.49. The first kappa shape index (κ1) is 28.6. The van der Waals surface area contributed by atoms with Gasteiger partial charge in [-0.3, -0.25) is 9.59 Å². The van der Waals surface area contributed by atoms with Crippen LogP contribution in [0.3, 0.4) is 0 Å². The molecule has 0 spiro atoms. The van der Waals surface area contributed by atoms with Crippen molar-refractivity contribution < 1.29 is 35.1 Å². The van der Waals surface area contributed by atoms with Gasteiger partial charge in [-0.25, -0.2) is 0 Å². The fourth-order valence-corrected chi connectivity index (χ4v) is 9.49.